The Kier molecular flexibility index (Phi) is 7.32. The summed E-state index contributed by atoms with van der Waals surface area (Å²) in [6.07, 6.45) is 3.50. The summed E-state index contributed by atoms with van der Waals surface area (Å²) in [5.41, 5.74) is 0.505. The third-order valence-corrected chi connectivity index (χ3v) is 9.22. The fraction of sp³-hybridized carbons (Fsp3) is 0.310. The number of sulfone groups is 1. The van der Waals surface area contributed by atoms with Crippen molar-refractivity contribution in [3.63, 3.8) is 0 Å². The first-order valence-corrected chi connectivity index (χ1v) is 14.3. The van der Waals surface area contributed by atoms with Crippen molar-refractivity contribution in [2.45, 2.75) is 48.6 Å². The zero-order chi connectivity index (χ0) is 26.9. The minimum absolute atomic E-state index is 0.00157. The second-order valence-corrected chi connectivity index (χ2v) is 11.7. The van der Waals surface area contributed by atoms with Crippen LogP contribution in [0.4, 0.5) is 10.1 Å². The third-order valence-electron chi connectivity index (χ3n) is 7.37. The molecular formula is C29H30FN3O4S. The number of halogens is 1. The molecule has 2 aliphatic heterocycles. The first-order chi connectivity index (χ1) is 18.3. The molecule has 0 bridgehead atoms. The monoisotopic (exact) mass is 535 g/mol. The number of likely N-dealkylation sites (tertiary alicyclic amines) is 1. The largest absolute Gasteiger partial charge is 0.351 e. The van der Waals surface area contributed by atoms with E-state index in [0.29, 0.717) is 12.6 Å². The first kappa shape index (κ1) is 26.1. The number of hydrogen-bond acceptors (Lipinski definition) is 5. The van der Waals surface area contributed by atoms with Gasteiger partial charge in [-0.05, 0) is 62.7 Å². The van der Waals surface area contributed by atoms with Crippen LogP contribution in [0.3, 0.4) is 0 Å². The number of nitrogens with one attached hydrogen (secondary N) is 1. The number of rotatable bonds is 6. The van der Waals surface area contributed by atoms with E-state index in [1.807, 2.05) is 0 Å². The predicted octanol–water partition coefficient (Wildman–Crippen LogP) is 4.42. The lowest BCUT2D eigenvalue weighted by Crippen LogP contribution is -2.42. The maximum Gasteiger partial charge on any atom is 0.259 e. The summed E-state index contributed by atoms with van der Waals surface area (Å²) in [5.74, 6) is -1.46. The van der Waals surface area contributed by atoms with E-state index in [2.05, 4.69) is 17.1 Å². The van der Waals surface area contributed by atoms with Gasteiger partial charge in [-0.3, -0.25) is 14.5 Å². The van der Waals surface area contributed by atoms with Crippen molar-refractivity contribution in [1.29, 1.82) is 0 Å². The van der Waals surface area contributed by atoms with E-state index < -0.39 is 21.6 Å². The highest BCUT2D eigenvalue weighted by atomic mass is 32.2. The summed E-state index contributed by atoms with van der Waals surface area (Å²) >= 11 is 0. The highest BCUT2D eigenvalue weighted by molar-refractivity contribution is 7.91. The fourth-order valence-electron chi connectivity index (χ4n) is 5.21. The summed E-state index contributed by atoms with van der Waals surface area (Å²) in [7, 11) is -4.08. The molecule has 3 aromatic carbocycles. The number of nitrogens with zero attached hydrogens (tertiary/aromatic N) is 2. The van der Waals surface area contributed by atoms with Gasteiger partial charge in [-0.15, -0.1) is 0 Å². The van der Waals surface area contributed by atoms with Crippen LogP contribution in [-0.4, -0.2) is 50.8 Å². The van der Waals surface area contributed by atoms with E-state index in [1.165, 1.54) is 47.7 Å². The Morgan fingerprint density at radius 1 is 1.03 bits per heavy atom. The molecule has 0 spiro atoms. The Morgan fingerprint density at radius 3 is 2.58 bits per heavy atom. The van der Waals surface area contributed by atoms with E-state index >= 15 is 0 Å². The van der Waals surface area contributed by atoms with Crippen molar-refractivity contribution in [1.82, 2.24) is 10.2 Å². The van der Waals surface area contributed by atoms with Crippen LogP contribution in [-0.2, 0) is 16.4 Å². The molecule has 2 heterocycles. The Labute approximate surface area is 222 Å². The van der Waals surface area contributed by atoms with Crippen molar-refractivity contribution in [2.75, 3.05) is 24.5 Å². The molecule has 2 aliphatic rings. The molecule has 2 amide bonds. The van der Waals surface area contributed by atoms with Crippen LogP contribution >= 0.6 is 0 Å². The van der Waals surface area contributed by atoms with E-state index in [4.69, 9.17) is 0 Å². The molecule has 9 heteroatoms. The standard InChI is InChI=1S/C29H30FN3O4S/c1-20-8-6-7-16-32(20)17-15-31-28(34)21-13-14-27-25(18-21)33(19-22-9-2-4-11-24(22)30)29(35)23-10-3-5-12-26(23)38(27,36)37/h2-5,9-14,18,20H,6-8,15-17,19H2,1H3,(H,31,34). The highest BCUT2D eigenvalue weighted by Crippen LogP contribution is 2.38. The predicted molar refractivity (Wildman–Crippen MR) is 142 cm³/mol. The molecule has 38 heavy (non-hydrogen) atoms. The molecule has 0 aromatic heterocycles. The van der Waals surface area contributed by atoms with Gasteiger partial charge in [0, 0.05) is 30.3 Å². The van der Waals surface area contributed by atoms with Crippen molar-refractivity contribution in [3.8, 4) is 0 Å². The zero-order valence-electron chi connectivity index (χ0n) is 21.2. The second-order valence-electron chi connectivity index (χ2n) is 9.80. The smallest absolute Gasteiger partial charge is 0.259 e. The van der Waals surface area contributed by atoms with E-state index in [1.54, 1.807) is 30.3 Å². The minimum Gasteiger partial charge on any atom is -0.351 e. The first-order valence-electron chi connectivity index (χ1n) is 12.8. The van der Waals surface area contributed by atoms with Crippen LogP contribution in [0.2, 0.25) is 0 Å². The number of carbonyl (C=O) groups is 2. The number of fused-ring (bicyclic) bond motifs is 2. The topological polar surface area (TPSA) is 86.8 Å². The molecule has 5 rings (SSSR count). The number of benzene rings is 3. The molecule has 1 N–H and O–H groups in total. The maximum absolute atomic E-state index is 14.6. The number of amides is 2. The van der Waals surface area contributed by atoms with Crippen molar-refractivity contribution in [3.05, 3.63) is 89.2 Å². The molecule has 3 aromatic rings. The van der Waals surface area contributed by atoms with E-state index in [9.17, 15) is 22.4 Å². The van der Waals surface area contributed by atoms with Gasteiger partial charge in [0.05, 0.1) is 27.6 Å². The van der Waals surface area contributed by atoms with Crippen LogP contribution in [0, 0.1) is 5.82 Å². The number of piperidine rings is 1. The molecule has 1 fully saturated rings. The van der Waals surface area contributed by atoms with Gasteiger partial charge in [0.2, 0.25) is 9.84 Å². The van der Waals surface area contributed by atoms with Crippen molar-refractivity contribution < 1.29 is 22.4 Å². The van der Waals surface area contributed by atoms with E-state index in [0.717, 1.165) is 25.9 Å². The quantitative estimate of drug-likeness (QED) is 0.505. The molecule has 0 saturated carbocycles. The van der Waals surface area contributed by atoms with Crippen LogP contribution < -0.4 is 10.2 Å². The van der Waals surface area contributed by atoms with E-state index in [-0.39, 0.29) is 44.6 Å². The van der Waals surface area contributed by atoms with Gasteiger partial charge in [-0.1, -0.05) is 36.8 Å². The molecule has 198 valence electrons. The summed E-state index contributed by atoms with van der Waals surface area (Å²) in [4.78, 5) is 30.1. The van der Waals surface area contributed by atoms with Gasteiger partial charge in [0.15, 0.2) is 0 Å². The van der Waals surface area contributed by atoms with Crippen LogP contribution in [0.1, 0.15) is 52.5 Å². The molecule has 1 atom stereocenters. The molecule has 0 radical (unpaired) electrons. The third kappa shape index (κ3) is 4.96. The van der Waals surface area contributed by atoms with Crippen molar-refractivity contribution >= 4 is 27.3 Å². The Morgan fingerprint density at radius 2 is 1.79 bits per heavy atom. The second kappa shape index (κ2) is 10.7. The molecular weight excluding hydrogens is 505 g/mol. The molecule has 7 nitrogen and oxygen atoms in total. The van der Waals surface area contributed by atoms with Gasteiger partial charge < -0.3 is 10.2 Å². The lowest BCUT2D eigenvalue weighted by molar-refractivity contribution is 0.0936. The lowest BCUT2D eigenvalue weighted by atomic mass is 10.0. The Bertz CT molecular complexity index is 1490. The lowest BCUT2D eigenvalue weighted by Gasteiger charge is -2.33. The fourth-order valence-corrected chi connectivity index (χ4v) is 6.84. The average molecular weight is 536 g/mol. The van der Waals surface area contributed by atoms with Gasteiger partial charge >= 0.3 is 0 Å². The molecule has 0 aliphatic carbocycles. The minimum atomic E-state index is -4.08. The van der Waals surface area contributed by atoms with Gasteiger partial charge in [-0.25, -0.2) is 12.8 Å². The SMILES string of the molecule is CC1CCCCN1CCNC(=O)c1ccc2c(c1)N(Cc1ccccc1F)C(=O)c1ccccc1S2(=O)=O. The highest BCUT2D eigenvalue weighted by Gasteiger charge is 2.36. The Balaban J connectivity index is 1.50. The zero-order valence-corrected chi connectivity index (χ0v) is 22.0. The van der Waals surface area contributed by atoms with Gasteiger partial charge in [-0.2, -0.15) is 0 Å². The Hall–Kier alpha value is -3.56. The maximum atomic E-state index is 14.6. The summed E-state index contributed by atoms with van der Waals surface area (Å²) in [5, 5.41) is 2.92. The molecule has 1 saturated heterocycles. The average Bonchev–Trinajstić information content (AvgIpc) is 2.98. The number of anilines is 1. The molecule has 1 unspecified atom stereocenters. The van der Waals surface area contributed by atoms with Gasteiger partial charge in [0.25, 0.3) is 11.8 Å². The van der Waals surface area contributed by atoms with Crippen molar-refractivity contribution in [2.24, 2.45) is 0 Å². The van der Waals surface area contributed by atoms with Crippen LogP contribution in [0.5, 0.6) is 0 Å². The summed E-state index contributed by atoms with van der Waals surface area (Å²) in [6.45, 7) is 4.16. The van der Waals surface area contributed by atoms with Crippen LogP contribution in [0.15, 0.2) is 76.5 Å². The summed E-state index contributed by atoms with van der Waals surface area (Å²) < 4.78 is 41.9. The summed E-state index contributed by atoms with van der Waals surface area (Å²) in [6, 6.07) is 16.7. The number of carbonyl (C=O) groups excluding carboxylic acids is 2. The van der Waals surface area contributed by atoms with Crippen LogP contribution in [0.25, 0.3) is 0 Å². The number of hydrogen-bond donors (Lipinski definition) is 1. The normalized spacial score (nSPS) is 18.8. The van der Waals surface area contributed by atoms with Gasteiger partial charge in [0.1, 0.15) is 5.82 Å².